The fourth-order valence-electron chi connectivity index (χ4n) is 4.83. The Hall–Kier alpha value is -4.69. The summed E-state index contributed by atoms with van der Waals surface area (Å²) in [6, 6.07) is 19.6. The zero-order valence-corrected chi connectivity index (χ0v) is 30.3. The van der Waals surface area contributed by atoms with Gasteiger partial charge in [-0.15, -0.1) is 0 Å². The zero-order valence-electron chi connectivity index (χ0n) is 25.7. The number of benzene rings is 3. The first-order chi connectivity index (χ1) is 23.6. The quantitative estimate of drug-likeness (QED) is 0.116. The van der Waals surface area contributed by atoms with Crippen LogP contribution in [-0.2, 0) is 11.2 Å². The number of rotatable bonds is 9. The molecule has 0 fully saturated rings. The first kappa shape index (κ1) is 34.2. The van der Waals surface area contributed by atoms with E-state index in [1.165, 1.54) is 39.5 Å². The van der Waals surface area contributed by atoms with E-state index in [1.807, 2.05) is 0 Å². The summed E-state index contributed by atoms with van der Waals surface area (Å²) < 4.78 is 33.1. The average molecular weight is 778 g/mol. The maximum absolute atomic E-state index is 13.6. The second kappa shape index (κ2) is 14.4. The van der Waals surface area contributed by atoms with Gasteiger partial charge >= 0.3 is 302 Å². The predicted molar refractivity (Wildman–Crippen MR) is 189 cm³/mol. The van der Waals surface area contributed by atoms with E-state index in [2.05, 4.69) is 52.8 Å². The van der Waals surface area contributed by atoms with E-state index >= 15 is 0 Å². The molecule has 0 spiro atoms. The van der Waals surface area contributed by atoms with Crippen molar-refractivity contribution in [2.45, 2.75) is 14.7 Å². The first-order valence-electron chi connectivity index (χ1n) is 14.1. The van der Waals surface area contributed by atoms with E-state index in [-0.39, 0.29) is 17.1 Å². The van der Waals surface area contributed by atoms with E-state index in [0.717, 1.165) is 0 Å². The van der Waals surface area contributed by atoms with Crippen LogP contribution in [-0.4, -0.2) is 69.9 Å². The van der Waals surface area contributed by atoms with Crippen LogP contribution in [0.25, 0.3) is 32.7 Å². The molecule has 248 valence electrons. The van der Waals surface area contributed by atoms with Crippen molar-refractivity contribution in [2.24, 2.45) is 0 Å². The van der Waals surface area contributed by atoms with Gasteiger partial charge in [-0.2, -0.15) is 0 Å². The Bertz CT molecular complexity index is 2050. The van der Waals surface area contributed by atoms with Crippen molar-refractivity contribution in [1.29, 1.82) is 0 Å². The molecule has 6 rings (SSSR count). The molecule has 0 bridgehead atoms. The summed E-state index contributed by atoms with van der Waals surface area (Å²) in [5.41, 5.74) is 0.425. The van der Waals surface area contributed by atoms with Crippen LogP contribution in [0.1, 0.15) is 31.5 Å². The minimum absolute atomic E-state index is 0.215. The minimum atomic E-state index is -4.15. The molecular formula is C33H24AsN3O9S3. The number of thiol groups is 3. The molecule has 0 amide bonds. The van der Waals surface area contributed by atoms with Crippen LogP contribution >= 0.6 is 37.9 Å². The van der Waals surface area contributed by atoms with Crippen LogP contribution in [0, 0.1) is 0 Å². The van der Waals surface area contributed by atoms with Crippen LogP contribution in [0.4, 0.5) is 0 Å². The summed E-state index contributed by atoms with van der Waals surface area (Å²) in [4.78, 5) is 55.2. The van der Waals surface area contributed by atoms with Gasteiger partial charge in [0.1, 0.15) is 0 Å². The SMILES string of the molecule is COc1cc(C(=O)O[As](OC(=O)c2cc(OC)c3cccc(S)c3n2)OC(=O)c2cc(OC)c3cccc(S)c3n2)nc2c(S)cccc12. The van der Waals surface area contributed by atoms with Gasteiger partial charge in [-0.3, -0.25) is 0 Å². The van der Waals surface area contributed by atoms with E-state index in [0.29, 0.717) is 64.6 Å². The summed E-state index contributed by atoms with van der Waals surface area (Å²) in [7, 11) is 4.29. The standard InChI is InChI=1S/C33H24AsN3O9S3/c1-41-22-13-19(35-28-16(22)7-4-10-25(28)47)31(38)44-34(45-32(39)20-14-23(42-2)17-8-5-11-26(48)29(17)36-20)46-33(40)21-15-24(43-3)18-9-6-12-27(49)30(18)37-21/h4-15,47-49H,1-3H3. The van der Waals surface area contributed by atoms with Crippen molar-refractivity contribution in [3.8, 4) is 17.2 Å². The molecule has 0 aliphatic heterocycles. The van der Waals surface area contributed by atoms with Crippen LogP contribution < -0.4 is 14.2 Å². The van der Waals surface area contributed by atoms with Crippen molar-refractivity contribution >= 4 is 104 Å². The second-order valence-corrected chi connectivity index (χ2v) is 13.5. The predicted octanol–water partition coefficient (Wildman–Crippen LogP) is 6.08. The molecule has 0 unspecified atom stereocenters. The van der Waals surface area contributed by atoms with Crippen molar-refractivity contribution < 1.29 is 39.8 Å². The van der Waals surface area contributed by atoms with Crippen LogP contribution in [0.3, 0.4) is 0 Å². The van der Waals surface area contributed by atoms with E-state index in [9.17, 15) is 14.4 Å². The number of carbonyl (C=O) groups is 3. The summed E-state index contributed by atoms with van der Waals surface area (Å²) >= 11 is 9.19. The monoisotopic (exact) mass is 777 g/mol. The number of ether oxygens (including phenoxy) is 3. The number of aromatic nitrogens is 3. The molecule has 0 aliphatic rings. The molecular weight excluding hydrogens is 753 g/mol. The van der Waals surface area contributed by atoms with Gasteiger partial charge in [-0.25, -0.2) is 0 Å². The number of methoxy groups -OCH3 is 3. The van der Waals surface area contributed by atoms with Crippen molar-refractivity contribution in [3.63, 3.8) is 0 Å². The number of hydrogen-bond acceptors (Lipinski definition) is 15. The van der Waals surface area contributed by atoms with Gasteiger partial charge in [0, 0.05) is 0 Å². The zero-order chi connectivity index (χ0) is 34.8. The van der Waals surface area contributed by atoms with Crippen LogP contribution in [0.5, 0.6) is 17.2 Å². The van der Waals surface area contributed by atoms with Crippen LogP contribution in [0.2, 0.25) is 0 Å². The van der Waals surface area contributed by atoms with Crippen molar-refractivity contribution in [2.75, 3.05) is 21.3 Å². The number of para-hydroxylation sites is 3. The van der Waals surface area contributed by atoms with Gasteiger partial charge in [0.25, 0.3) is 0 Å². The van der Waals surface area contributed by atoms with Gasteiger partial charge in [0.15, 0.2) is 0 Å². The molecule has 3 aromatic carbocycles. The van der Waals surface area contributed by atoms with E-state index < -0.39 is 33.6 Å². The molecule has 0 aliphatic carbocycles. The fourth-order valence-corrected chi connectivity index (χ4v) is 7.27. The van der Waals surface area contributed by atoms with Crippen LogP contribution in [0.15, 0.2) is 87.5 Å². The van der Waals surface area contributed by atoms with E-state index in [1.54, 1.807) is 54.6 Å². The number of nitrogens with zero attached hydrogens (tertiary/aromatic N) is 3. The molecule has 0 saturated carbocycles. The normalized spacial score (nSPS) is 11.1. The number of carbonyl (C=O) groups excluding carboxylic acids is 3. The molecule has 0 saturated heterocycles. The molecule has 16 heteroatoms. The number of pyridine rings is 3. The Balaban J connectivity index is 1.37. The molecule has 3 heterocycles. The number of fused-ring (bicyclic) bond motifs is 3. The third-order valence-electron chi connectivity index (χ3n) is 7.10. The van der Waals surface area contributed by atoms with Gasteiger partial charge in [-0.05, 0) is 0 Å². The van der Waals surface area contributed by atoms with Crippen molar-refractivity contribution in [1.82, 2.24) is 15.0 Å². The van der Waals surface area contributed by atoms with Gasteiger partial charge < -0.3 is 0 Å². The summed E-state index contributed by atoms with van der Waals surface area (Å²) in [6.07, 6.45) is 0. The fraction of sp³-hybridized carbons (Fsp3) is 0.0909. The van der Waals surface area contributed by atoms with Gasteiger partial charge in [0.2, 0.25) is 0 Å². The average Bonchev–Trinajstić information content (AvgIpc) is 3.10. The Morgan fingerprint density at radius 1 is 0.510 bits per heavy atom. The summed E-state index contributed by atoms with van der Waals surface area (Å²) in [5.74, 6) is -2.23. The molecule has 49 heavy (non-hydrogen) atoms. The third kappa shape index (κ3) is 6.92. The number of hydrogen-bond donors (Lipinski definition) is 3. The Morgan fingerprint density at radius 3 is 1.06 bits per heavy atom. The third-order valence-corrected chi connectivity index (χ3v) is 10.2. The van der Waals surface area contributed by atoms with E-state index in [4.69, 9.17) is 25.4 Å². The first-order valence-corrected chi connectivity index (χ1v) is 17.7. The topological polar surface area (TPSA) is 145 Å². The Kier molecular flexibility index (Phi) is 10.1. The summed E-state index contributed by atoms with van der Waals surface area (Å²) in [5, 5.41) is 1.79. The maximum atomic E-state index is 13.6. The molecule has 3 aromatic heterocycles. The summed E-state index contributed by atoms with van der Waals surface area (Å²) in [6.45, 7) is 0. The Morgan fingerprint density at radius 2 is 0.796 bits per heavy atom. The molecule has 0 atom stereocenters. The van der Waals surface area contributed by atoms with Crippen molar-refractivity contribution in [3.05, 3.63) is 89.9 Å². The molecule has 6 aromatic rings. The van der Waals surface area contributed by atoms with Gasteiger partial charge in [0.05, 0.1) is 0 Å². The Labute approximate surface area is 300 Å². The molecule has 0 radical (unpaired) electrons. The van der Waals surface area contributed by atoms with Gasteiger partial charge in [-0.1, -0.05) is 0 Å². The molecule has 12 nitrogen and oxygen atoms in total. The molecule has 0 N–H and O–H groups in total. The second-order valence-electron chi connectivity index (χ2n) is 10.0.